The third-order valence-corrected chi connectivity index (χ3v) is 5.05. The van der Waals surface area contributed by atoms with Gasteiger partial charge in [-0.15, -0.1) is 0 Å². The normalized spacial score (nSPS) is 13.3. The molecule has 1 atom stereocenters. The van der Waals surface area contributed by atoms with Crippen molar-refractivity contribution in [2.24, 2.45) is 11.7 Å². The van der Waals surface area contributed by atoms with Crippen molar-refractivity contribution in [3.05, 3.63) is 0 Å². The molecule has 1 unspecified atom stereocenters. The average molecular weight is 376 g/mol. The van der Waals surface area contributed by atoms with E-state index in [0.717, 1.165) is 25.7 Å². The molecule has 0 aliphatic heterocycles. The highest BCUT2D eigenvalue weighted by Gasteiger charge is 2.38. The van der Waals surface area contributed by atoms with E-state index >= 15 is 0 Å². The van der Waals surface area contributed by atoms with Crippen molar-refractivity contribution in [3.63, 3.8) is 0 Å². The Morgan fingerprint density at radius 1 is 0.731 bits per heavy atom. The smallest absolute Gasteiger partial charge is 0.171 e. The zero-order valence-electron chi connectivity index (χ0n) is 17.9. The largest absolute Gasteiger partial charge is 0.382 e. The number of hydrogen-bond donors (Lipinski definition) is 1. The molecular weight excluding hydrogens is 330 g/mol. The second kappa shape index (κ2) is 18.2. The Bertz CT molecular complexity index is 279. The molecule has 0 aromatic rings. The van der Waals surface area contributed by atoms with E-state index in [2.05, 4.69) is 13.8 Å². The van der Waals surface area contributed by atoms with Crippen molar-refractivity contribution in [2.45, 2.75) is 83.8 Å². The highest BCUT2D eigenvalue weighted by atomic mass is 16.7. The summed E-state index contributed by atoms with van der Waals surface area (Å²) in [5.74, 6) is -0.203. The molecule has 0 rings (SSSR count). The first-order valence-corrected chi connectivity index (χ1v) is 10.7. The van der Waals surface area contributed by atoms with Gasteiger partial charge in [0, 0.05) is 20.1 Å². The fourth-order valence-corrected chi connectivity index (χ4v) is 3.49. The van der Waals surface area contributed by atoms with Gasteiger partial charge in [0.05, 0.1) is 26.4 Å². The lowest BCUT2D eigenvalue weighted by atomic mass is 9.86. The first-order chi connectivity index (χ1) is 12.7. The summed E-state index contributed by atoms with van der Waals surface area (Å²) in [6, 6.07) is 0. The fraction of sp³-hybridized carbons (Fsp3) is 1.00. The summed E-state index contributed by atoms with van der Waals surface area (Å²) in [6.45, 7) is 7.37. The zero-order valence-corrected chi connectivity index (χ0v) is 17.9. The van der Waals surface area contributed by atoms with Crippen LogP contribution in [0.5, 0.6) is 0 Å². The summed E-state index contributed by atoms with van der Waals surface area (Å²) < 4.78 is 22.9. The molecule has 0 saturated carbocycles. The summed E-state index contributed by atoms with van der Waals surface area (Å²) in [6.07, 6.45) is 11.8. The Balaban J connectivity index is 4.84. The molecule has 26 heavy (non-hydrogen) atoms. The summed E-state index contributed by atoms with van der Waals surface area (Å²) in [5.41, 5.74) is 5.79. The van der Waals surface area contributed by atoms with Crippen LogP contribution in [0.15, 0.2) is 0 Å². The van der Waals surface area contributed by atoms with Crippen LogP contribution in [-0.4, -0.2) is 53.0 Å². The second-order valence-electron chi connectivity index (χ2n) is 7.03. The predicted molar refractivity (Wildman–Crippen MR) is 108 cm³/mol. The van der Waals surface area contributed by atoms with E-state index in [4.69, 9.17) is 24.7 Å². The first kappa shape index (κ1) is 25.8. The van der Waals surface area contributed by atoms with Crippen molar-refractivity contribution in [3.8, 4) is 0 Å². The monoisotopic (exact) mass is 375 g/mol. The molecule has 0 aliphatic carbocycles. The van der Waals surface area contributed by atoms with Crippen LogP contribution in [0, 0.1) is 5.92 Å². The summed E-state index contributed by atoms with van der Waals surface area (Å²) >= 11 is 0. The highest BCUT2D eigenvalue weighted by molar-refractivity contribution is 4.80. The SMILES string of the molecule is CCCCCCCCC(CCCN)C(CC)(OCCOC)OCCOC. The maximum atomic E-state index is 6.28. The average Bonchev–Trinajstić information content (AvgIpc) is 2.66. The molecule has 0 aromatic heterocycles. The molecule has 0 heterocycles. The Morgan fingerprint density at radius 3 is 1.77 bits per heavy atom. The van der Waals surface area contributed by atoms with Crippen molar-refractivity contribution < 1.29 is 18.9 Å². The summed E-state index contributed by atoms with van der Waals surface area (Å²) in [4.78, 5) is 0. The molecule has 5 nitrogen and oxygen atoms in total. The Hall–Kier alpha value is -0.200. The number of ether oxygens (including phenoxy) is 4. The minimum absolute atomic E-state index is 0.357. The van der Waals surface area contributed by atoms with Crippen LogP contribution >= 0.6 is 0 Å². The third-order valence-electron chi connectivity index (χ3n) is 5.05. The zero-order chi connectivity index (χ0) is 19.5. The predicted octanol–water partition coefficient (Wildman–Crippen LogP) is 4.52. The van der Waals surface area contributed by atoms with Crippen LogP contribution in [-0.2, 0) is 18.9 Å². The van der Waals surface area contributed by atoms with Crippen LogP contribution in [0.25, 0.3) is 0 Å². The molecule has 0 spiro atoms. The van der Waals surface area contributed by atoms with Gasteiger partial charge in [-0.05, 0) is 32.2 Å². The molecular formula is C21H45NO4. The Labute approximate surface area is 162 Å². The second-order valence-corrected chi connectivity index (χ2v) is 7.03. The molecule has 0 aromatic carbocycles. The van der Waals surface area contributed by atoms with Gasteiger partial charge in [-0.1, -0.05) is 52.4 Å². The topological polar surface area (TPSA) is 62.9 Å². The molecule has 0 fully saturated rings. The molecule has 2 N–H and O–H groups in total. The first-order valence-electron chi connectivity index (χ1n) is 10.7. The van der Waals surface area contributed by atoms with Gasteiger partial charge in [-0.25, -0.2) is 0 Å². The van der Waals surface area contributed by atoms with E-state index in [1.807, 2.05) is 0 Å². The van der Waals surface area contributed by atoms with Gasteiger partial charge in [0.2, 0.25) is 0 Å². The Kier molecular flexibility index (Phi) is 18.0. The quantitative estimate of drug-likeness (QED) is 0.250. The molecule has 0 saturated heterocycles. The summed E-state index contributed by atoms with van der Waals surface area (Å²) in [5, 5.41) is 0. The summed E-state index contributed by atoms with van der Waals surface area (Å²) in [7, 11) is 3.40. The van der Waals surface area contributed by atoms with E-state index in [0.29, 0.717) is 38.9 Å². The van der Waals surface area contributed by atoms with E-state index in [9.17, 15) is 0 Å². The van der Waals surface area contributed by atoms with Gasteiger partial charge in [0.15, 0.2) is 5.79 Å². The van der Waals surface area contributed by atoms with Gasteiger partial charge in [-0.3, -0.25) is 0 Å². The number of rotatable bonds is 20. The maximum absolute atomic E-state index is 6.28. The molecule has 5 heteroatoms. The molecule has 158 valence electrons. The van der Waals surface area contributed by atoms with Gasteiger partial charge in [0.1, 0.15) is 0 Å². The van der Waals surface area contributed by atoms with Crippen molar-refractivity contribution >= 4 is 0 Å². The lowest BCUT2D eigenvalue weighted by Crippen LogP contribution is -2.45. The van der Waals surface area contributed by atoms with Gasteiger partial charge in [0.25, 0.3) is 0 Å². The van der Waals surface area contributed by atoms with Crippen molar-refractivity contribution in [1.82, 2.24) is 0 Å². The number of unbranched alkanes of at least 4 members (excludes halogenated alkanes) is 5. The molecule has 0 aliphatic rings. The molecule has 0 radical (unpaired) electrons. The maximum Gasteiger partial charge on any atom is 0.171 e. The van der Waals surface area contributed by atoms with Crippen LogP contribution in [0.4, 0.5) is 0 Å². The van der Waals surface area contributed by atoms with E-state index in [1.54, 1.807) is 14.2 Å². The number of methoxy groups -OCH3 is 2. The van der Waals surface area contributed by atoms with Crippen LogP contribution in [0.1, 0.15) is 78.1 Å². The van der Waals surface area contributed by atoms with Gasteiger partial charge >= 0.3 is 0 Å². The standard InChI is InChI=1S/C21H45NO4/c1-5-7-8-9-10-11-13-20(14-12-15-22)21(6-2,25-18-16-23-3)26-19-17-24-4/h20H,5-19,22H2,1-4H3. The van der Waals surface area contributed by atoms with Crippen molar-refractivity contribution in [2.75, 3.05) is 47.2 Å². The molecule has 0 amide bonds. The minimum atomic E-state index is -0.560. The minimum Gasteiger partial charge on any atom is -0.382 e. The number of hydrogen-bond acceptors (Lipinski definition) is 5. The number of nitrogens with two attached hydrogens (primary N) is 1. The van der Waals surface area contributed by atoms with Crippen molar-refractivity contribution in [1.29, 1.82) is 0 Å². The van der Waals surface area contributed by atoms with Gasteiger partial charge in [-0.2, -0.15) is 0 Å². The van der Waals surface area contributed by atoms with Crippen LogP contribution < -0.4 is 5.73 Å². The van der Waals surface area contributed by atoms with E-state index < -0.39 is 5.79 Å². The lowest BCUT2D eigenvalue weighted by Gasteiger charge is -2.40. The third kappa shape index (κ3) is 11.5. The molecule has 0 bridgehead atoms. The van der Waals surface area contributed by atoms with E-state index in [-0.39, 0.29) is 0 Å². The highest BCUT2D eigenvalue weighted by Crippen LogP contribution is 2.35. The van der Waals surface area contributed by atoms with E-state index in [1.165, 1.54) is 38.5 Å². The van der Waals surface area contributed by atoms with Crippen LogP contribution in [0.2, 0.25) is 0 Å². The lowest BCUT2D eigenvalue weighted by molar-refractivity contribution is -0.277. The van der Waals surface area contributed by atoms with Gasteiger partial charge < -0.3 is 24.7 Å². The Morgan fingerprint density at radius 2 is 1.27 bits per heavy atom. The fourth-order valence-electron chi connectivity index (χ4n) is 3.49. The van der Waals surface area contributed by atoms with Crippen LogP contribution in [0.3, 0.4) is 0 Å².